The Balaban J connectivity index is 1.97. The predicted octanol–water partition coefficient (Wildman–Crippen LogP) is 0.874. The number of aromatic nitrogens is 2. The van der Waals surface area contributed by atoms with Gasteiger partial charge in [-0.05, 0) is 6.07 Å². The summed E-state index contributed by atoms with van der Waals surface area (Å²) in [7, 11) is 0. The largest absolute Gasteiger partial charge is 0.397 e. The topological polar surface area (TPSA) is 107 Å². The number of amides is 1. The Labute approximate surface area is 108 Å². The smallest absolute Gasteiger partial charge is 0.250 e. The number of hydrogen-bond donors (Lipinski definition) is 3. The highest BCUT2D eigenvalue weighted by atomic mass is 32.1. The average molecular weight is 263 g/mol. The first-order valence-corrected chi connectivity index (χ1v) is 6.22. The molecule has 0 bridgehead atoms. The molecule has 0 aliphatic carbocycles. The third-order valence-electron chi connectivity index (χ3n) is 2.33. The Bertz CT molecular complexity index is 540. The van der Waals surface area contributed by atoms with Gasteiger partial charge in [0.1, 0.15) is 5.82 Å². The van der Waals surface area contributed by atoms with Gasteiger partial charge in [0.2, 0.25) is 0 Å². The van der Waals surface area contributed by atoms with Crippen LogP contribution in [-0.2, 0) is 6.42 Å². The zero-order valence-corrected chi connectivity index (χ0v) is 10.4. The van der Waals surface area contributed by atoms with E-state index < -0.39 is 5.91 Å². The van der Waals surface area contributed by atoms with Gasteiger partial charge in [-0.25, -0.2) is 9.97 Å². The Hall–Kier alpha value is -2.15. The van der Waals surface area contributed by atoms with Gasteiger partial charge in [-0.15, -0.1) is 11.3 Å². The van der Waals surface area contributed by atoms with E-state index in [0.717, 1.165) is 11.4 Å². The van der Waals surface area contributed by atoms with Gasteiger partial charge in [0.05, 0.1) is 22.5 Å². The Morgan fingerprint density at radius 3 is 2.94 bits per heavy atom. The van der Waals surface area contributed by atoms with E-state index in [1.807, 2.05) is 5.38 Å². The van der Waals surface area contributed by atoms with Gasteiger partial charge in [0.15, 0.2) is 0 Å². The number of hydrogen-bond acceptors (Lipinski definition) is 6. The van der Waals surface area contributed by atoms with Gasteiger partial charge >= 0.3 is 0 Å². The quantitative estimate of drug-likeness (QED) is 0.742. The van der Waals surface area contributed by atoms with Gasteiger partial charge in [-0.3, -0.25) is 4.79 Å². The number of pyridine rings is 1. The molecule has 2 rings (SSSR count). The van der Waals surface area contributed by atoms with Crippen molar-refractivity contribution in [3.8, 4) is 0 Å². The maximum Gasteiger partial charge on any atom is 0.250 e. The molecule has 0 saturated carbocycles. The van der Waals surface area contributed by atoms with Crippen LogP contribution in [0.25, 0.3) is 0 Å². The van der Waals surface area contributed by atoms with Crippen molar-refractivity contribution >= 4 is 28.7 Å². The third kappa shape index (κ3) is 2.95. The van der Waals surface area contributed by atoms with Gasteiger partial charge in [-0.2, -0.15) is 0 Å². The number of nitrogens with zero attached hydrogens (tertiary/aromatic N) is 2. The van der Waals surface area contributed by atoms with Crippen LogP contribution < -0.4 is 16.8 Å². The van der Waals surface area contributed by atoms with Crippen molar-refractivity contribution in [1.82, 2.24) is 9.97 Å². The zero-order valence-electron chi connectivity index (χ0n) is 9.59. The highest BCUT2D eigenvalue weighted by Gasteiger charge is 2.07. The monoisotopic (exact) mass is 263 g/mol. The normalized spacial score (nSPS) is 10.2. The molecule has 7 heteroatoms. The molecule has 0 aromatic carbocycles. The molecule has 0 saturated heterocycles. The van der Waals surface area contributed by atoms with Gasteiger partial charge < -0.3 is 16.8 Å². The van der Waals surface area contributed by atoms with Crippen LogP contribution in [0.3, 0.4) is 0 Å². The summed E-state index contributed by atoms with van der Waals surface area (Å²) in [5.41, 5.74) is 11.4. The first-order chi connectivity index (χ1) is 8.66. The number of nitrogens with two attached hydrogens (primary N) is 2. The summed E-state index contributed by atoms with van der Waals surface area (Å²) >= 11 is 1.60. The molecule has 0 unspecified atom stereocenters. The van der Waals surface area contributed by atoms with Crippen LogP contribution in [0.4, 0.5) is 11.5 Å². The second-order valence-electron chi connectivity index (χ2n) is 3.62. The Morgan fingerprint density at radius 2 is 2.28 bits per heavy atom. The maximum absolute atomic E-state index is 11.1. The summed E-state index contributed by atoms with van der Waals surface area (Å²) in [6, 6.07) is 1.56. The number of anilines is 2. The van der Waals surface area contributed by atoms with E-state index in [4.69, 9.17) is 11.5 Å². The molecule has 0 radical (unpaired) electrons. The van der Waals surface area contributed by atoms with Gasteiger partial charge in [0.25, 0.3) is 5.91 Å². The van der Waals surface area contributed by atoms with Crippen molar-refractivity contribution < 1.29 is 4.79 Å². The molecular weight excluding hydrogens is 250 g/mol. The zero-order chi connectivity index (χ0) is 13.0. The van der Waals surface area contributed by atoms with Crippen LogP contribution in [0.5, 0.6) is 0 Å². The fourth-order valence-electron chi connectivity index (χ4n) is 1.45. The molecule has 0 aliphatic rings. The van der Waals surface area contributed by atoms with Crippen molar-refractivity contribution in [3.63, 3.8) is 0 Å². The van der Waals surface area contributed by atoms with Gasteiger partial charge in [-0.1, -0.05) is 0 Å². The first kappa shape index (κ1) is 12.3. The molecule has 0 aliphatic heterocycles. The lowest BCUT2D eigenvalue weighted by Crippen LogP contribution is -2.15. The molecule has 94 valence electrons. The number of nitrogen functional groups attached to an aromatic ring is 1. The summed E-state index contributed by atoms with van der Waals surface area (Å²) in [4.78, 5) is 19.4. The Morgan fingerprint density at radius 1 is 1.44 bits per heavy atom. The average Bonchev–Trinajstić information content (AvgIpc) is 2.84. The minimum Gasteiger partial charge on any atom is -0.397 e. The van der Waals surface area contributed by atoms with Crippen LogP contribution >= 0.6 is 11.3 Å². The minimum absolute atomic E-state index is 0.279. The number of thiazole rings is 1. The highest BCUT2D eigenvalue weighted by molar-refractivity contribution is 7.09. The summed E-state index contributed by atoms with van der Waals surface area (Å²) in [6.45, 7) is 0.683. The summed E-state index contributed by atoms with van der Waals surface area (Å²) in [6.07, 6.45) is 3.99. The molecule has 6 nitrogen and oxygen atoms in total. The number of carbonyl (C=O) groups excluding carboxylic acids is 1. The van der Waals surface area contributed by atoms with E-state index in [1.165, 1.54) is 6.20 Å². The lowest BCUT2D eigenvalue weighted by molar-refractivity contribution is 0.100. The molecule has 2 aromatic heterocycles. The molecule has 2 aromatic rings. The fraction of sp³-hybridized carbons (Fsp3) is 0.182. The van der Waals surface area contributed by atoms with Crippen LogP contribution in [0.1, 0.15) is 15.4 Å². The molecular formula is C11H13N5OS. The highest BCUT2D eigenvalue weighted by Crippen LogP contribution is 2.14. The van der Waals surface area contributed by atoms with Crippen molar-refractivity contribution in [2.24, 2.45) is 5.73 Å². The number of carbonyl (C=O) groups is 1. The molecule has 18 heavy (non-hydrogen) atoms. The molecule has 0 atom stereocenters. The molecule has 1 amide bonds. The van der Waals surface area contributed by atoms with Crippen LogP contribution in [0.15, 0.2) is 23.8 Å². The van der Waals surface area contributed by atoms with E-state index in [1.54, 1.807) is 23.6 Å². The van der Waals surface area contributed by atoms with Crippen LogP contribution in [0.2, 0.25) is 0 Å². The maximum atomic E-state index is 11.1. The minimum atomic E-state index is -0.558. The summed E-state index contributed by atoms with van der Waals surface area (Å²) in [5, 5.41) is 6.08. The van der Waals surface area contributed by atoms with E-state index in [-0.39, 0.29) is 11.3 Å². The summed E-state index contributed by atoms with van der Waals surface area (Å²) in [5.74, 6) is 0.0208. The number of rotatable bonds is 5. The lowest BCUT2D eigenvalue weighted by atomic mass is 10.2. The van der Waals surface area contributed by atoms with Gasteiger partial charge in [0, 0.05) is 24.5 Å². The standard InChI is InChI=1S/C11H13N5OS/c12-8-6-16-9(5-7(8)11(13)17)14-2-1-10-15-3-4-18-10/h3-6H,1-2,12H2,(H2,13,17)(H,14,16). The fourth-order valence-corrected chi connectivity index (χ4v) is 2.07. The second kappa shape index (κ2) is 5.46. The second-order valence-corrected chi connectivity index (χ2v) is 4.60. The van der Waals surface area contributed by atoms with Crippen molar-refractivity contribution in [1.29, 1.82) is 0 Å². The van der Waals surface area contributed by atoms with Crippen molar-refractivity contribution in [3.05, 3.63) is 34.4 Å². The van der Waals surface area contributed by atoms with Crippen LogP contribution in [-0.4, -0.2) is 22.4 Å². The van der Waals surface area contributed by atoms with E-state index >= 15 is 0 Å². The molecule has 2 heterocycles. The Kier molecular flexibility index (Phi) is 3.73. The first-order valence-electron chi connectivity index (χ1n) is 5.34. The molecule has 5 N–H and O–H groups in total. The van der Waals surface area contributed by atoms with Crippen molar-refractivity contribution in [2.75, 3.05) is 17.6 Å². The van der Waals surface area contributed by atoms with E-state index in [0.29, 0.717) is 12.4 Å². The summed E-state index contributed by atoms with van der Waals surface area (Å²) < 4.78 is 0. The molecule has 0 spiro atoms. The third-order valence-corrected chi connectivity index (χ3v) is 3.17. The van der Waals surface area contributed by atoms with Crippen LogP contribution in [0, 0.1) is 0 Å². The van der Waals surface area contributed by atoms with Crippen molar-refractivity contribution in [2.45, 2.75) is 6.42 Å². The van der Waals surface area contributed by atoms with E-state index in [9.17, 15) is 4.79 Å². The van der Waals surface area contributed by atoms with E-state index in [2.05, 4.69) is 15.3 Å². The predicted molar refractivity (Wildman–Crippen MR) is 71.5 cm³/mol. The lowest BCUT2D eigenvalue weighted by Gasteiger charge is -2.07. The number of primary amides is 1. The SMILES string of the molecule is NC(=O)c1cc(NCCc2nccs2)ncc1N. The molecule has 0 fully saturated rings. The number of nitrogens with one attached hydrogen (secondary N) is 1.